The minimum Gasteiger partial charge on any atom is -0.489 e. The molecule has 1 aliphatic rings. The Hall–Kier alpha value is -1.37. The third kappa shape index (κ3) is 3.28. The average Bonchev–Trinajstić information content (AvgIpc) is 3.29. The normalized spacial score (nSPS) is 17.5. The zero-order chi connectivity index (χ0) is 14.9. The van der Waals surface area contributed by atoms with Gasteiger partial charge in [-0.2, -0.15) is 0 Å². The summed E-state index contributed by atoms with van der Waals surface area (Å²) in [6.45, 7) is 1.03. The maximum Gasteiger partial charge on any atom is 0.210 e. The molecule has 0 aromatic heterocycles. The first kappa shape index (κ1) is 14.6. The summed E-state index contributed by atoms with van der Waals surface area (Å²) in [6.07, 6.45) is 0.0756. The van der Waals surface area contributed by atoms with Gasteiger partial charge in [0.05, 0.1) is 11.5 Å². The summed E-state index contributed by atoms with van der Waals surface area (Å²) in [5, 5.41) is 0. The Labute approximate surface area is 131 Å². The number of halogens is 1. The van der Waals surface area contributed by atoms with E-state index in [9.17, 15) is 8.42 Å². The molecule has 110 valence electrons. The molecule has 1 saturated heterocycles. The van der Waals surface area contributed by atoms with E-state index in [1.54, 1.807) is 48.5 Å². The molecule has 4 nitrogen and oxygen atoms in total. The van der Waals surface area contributed by atoms with Gasteiger partial charge in [0.2, 0.25) is 9.84 Å². The molecule has 3 rings (SSSR count). The van der Waals surface area contributed by atoms with E-state index in [0.29, 0.717) is 23.4 Å². The lowest BCUT2D eigenvalue weighted by atomic mass is 10.3. The number of hydrogen-bond donors (Lipinski definition) is 0. The van der Waals surface area contributed by atoms with Crippen molar-refractivity contribution in [3.05, 3.63) is 53.0 Å². The number of sulfone groups is 1. The van der Waals surface area contributed by atoms with Crippen LogP contribution in [0.2, 0.25) is 0 Å². The SMILES string of the molecule is O=S(=O)(c1cccc(Br)c1)c1ccccc1OCC1CO1. The van der Waals surface area contributed by atoms with Crippen LogP contribution in [0, 0.1) is 0 Å². The van der Waals surface area contributed by atoms with Crippen LogP contribution in [-0.4, -0.2) is 27.7 Å². The summed E-state index contributed by atoms with van der Waals surface area (Å²) in [7, 11) is -3.62. The van der Waals surface area contributed by atoms with Gasteiger partial charge in [-0.25, -0.2) is 8.42 Å². The number of hydrogen-bond acceptors (Lipinski definition) is 4. The van der Waals surface area contributed by atoms with Gasteiger partial charge in [-0.05, 0) is 30.3 Å². The molecule has 2 aromatic rings. The van der Waals surface area contributed by atoms with Crippen molar-refractivity contribution in [3.63, 3.8) is 0 Å². The Morgan fingerprint density at radius 3 is 2.67 bits per heavy atom. The van der Waals surface area contributed by atoms with Crippen molar-refractivity contribution in [1.29, 1.82) is 0 Å². The molecule has 21 heavy (non-hydrogen) atoms. The summed E-state index contributed by atoms with van der Waals surface area (Å²) < 4.78 is 36.8. The van der Waals surface area contributed by atoms with Crippen LogP contribution < -0.4 is 4.74 Å². The largest absolute Gasteiger partial charge is 0.489 e. The fourth-order valence-electron chi connectivity index (χ4n) is 1.90. The molecule has 0 bridgehead atoms. The molecular weight excluding hydrogens is 356 g/mol. The molecule has 1 heterocycles. The van der Waals surface area contributed by atoms with Crippen molar-refractivity contribution in [1.82, 2.24) is 0 Å². The van der Waals surface area contributed by atoms with E-state index in [0.717, 1.165) is 0 Å². The zero-order valence-corrected chi connectivity index (χ0v) is 13.4. The van der Waals surface area contributed by atoms with Crippen LogP contribution in [0.15, 0.2) is 62.8 Å². The van der Waals surface area contributed by atoms with Crippen LogP contribution in [0.1, 0.15) is 0 Å². The first-order valence-corrected chi connectivity index (χ1v) is 8.69. The highest BCUT2D eigenvalue weighted by molar-refractivity contribution is 9.10. The van der Waals surface area contributed by atoms with Gasteiger partial charge in [-0.3, -0.25) is 0 Å². The highest BCUT2D eigenvalue weighted by Crippen LogP contribution is 2.30. The van der Waals surface area contributed by atoms with Crippen molar-refractivity contribution in [3.8, 4) is 5.75 Å². The minimum atomic E-state index is -3.62. The van der Waals surface area contributed by atoms with Crippen LogP contribution in [0.5, 0.6) is 5.75 Å². The summed E-state index contributed by atoms with van der Waals surface area (Å²) in [5.74, 6) is 0.355. The molecule has 2 aromatic carbocycles. The van der Waals surface area contributed by atoms with Crippen molar-refractivity contribution in [2.24, 2.45) is 0 Å². The Morgan fingerprint density at radius 2 is 1.95 bits per heavy atom. The second kappa shape index (κ2) is 5.79. The van der Waals surface area contributed by atoms with Gasteiger partial charge in [0, 0.05) is 4.47 Å². The Morgan fingerprint density at radius 1 is 1.19 bits per heavy atom. The van der Waals surface area contributed by atoms with E-state index < -0.39 is 9.84 Å². The second-order valence-corrected chi connectivity index (χ2v) is 7.51. The summed E-state index contributed by atoms with van der Waals surface area (Å²) in [5.41, 5.74) is 0. The minimum absolute atomic E-state index is 0.0756. The van der Waals surface area contributed by atoms with Crippen LogP contribution >= 0.6 is 15.9 Å². The first-order valence-electron chi connectivity index (χ1n) is 6.41. The lowest BCUT2D eigenvalue weighted by Gasteiger charge is -2.11. The third-order valence-electron chi connectivity index (χ3n) is 3.07. The first-order chi connectivity index (χ1) is 10.1. The molecule has 1 fully saturated rings. The maximum absolute atomic E-state index is 12.7. The Balaban J connectivity index is 1.98. The summed E-state index contributed by atoms with van der Waals surface area (Å²) in [4.78, 5) is 0.402. The molecule has 0 saturated carbocycles. The van der Waals surface area contributed by atoms with E-state index >= 15 is 0 Å². The number of para-hydroxylation sites is 1. The fraction of sp³-hybridized carbons (Fsp3) is 0.200. The zero-order valence-electron chi connectivity index (χ0n) is 11.0. The third-order valence-corrected chi connectivity index (χ3v) is 5.36. The summed E-state index contributed by atoms with van der Waals surface area (Å²) in [6, 6.07) is 13.3. The van der Waals surface area contributed by atoms with Crippen molar-refractivity contribution in [2.75, 3.05) is 13.2 Å². The van der Waals surface area contributed by atoms with Crippen molar-refractivity contribution < 1.29 is 17.9 Å². The topological polar surface area (TPSA) is 55.9 Å². The van der Waals surface area contributed by atoms with E-state index in [2.05, 4.69) is 15.9 Å². The Bertz CT molecular complexity index is 754. The van der Waals surface area contributed by atoms with E-state index in [1.807, 2.05) is 0 Å². The molecule has 0 aliphatic carbocycles. The number of benzene rings is 2. The predicted molar refractivity (Wildman–Crippen MR) is 81.3 cm³/mol. The highest BCUT2D eigenvalue weighted by atomic mass is 79.9. The van der Waals surface area contributed by atoms with Crippen LogP contribution in [0.3, 0.4) is 0 Å². The lowest BCUT2D eigenvalue weighted by molar-refractivity contribution is 0.258. The molecule has 0 amide bonds. The highest BCUT2D eigenvalue weighted by Gasteiger charge is 2.26. The van der Waals surface area contributed by atoms with Gasteiger partial charge in [0.1, 0.15) is 23.4 Å². The van der Waals surface area contributed by atoms with E-state index in [1.165, 1.54) is 0 Å². The van der Waals surface area contributed by atoms with Gasteiger partial charge in [0.15, 0.2) is 0 Å². The van der Waals surface area contributed by atoms with Crippen LogP contribution in [0.25, 0.3) is 0 Å². The van der Waals surface area contributed by atoms with Crippen LogP contribution in [-0.2, 0) is 14.6 Å². The average molecular weight is 369 g/mol. The molecule has 0 N–H and O–H groups in total. The van der Waals surface area contributed by atoms with Gasteiger partial charge >= 0.3 is 0 Å². The maximum atomic E-state index is 12.7. The van der Waals surface area contributed by atoms with Gasteiger partial charge in [-0.15, -0.1) is 0 Å². The van der Waals surface area contributed by atoms with E-state index in [4.69, 9.17) is 9.47 Å². The molecule has 6 heteroatoms. The summed E-state index contributed by atoms with van der Waals surface area (Å²) >= 11 is 3.29. The molecular formula is C15H13BrO4S. The Kier molecular flexibility index (Phi) is 4.01. The fourth-order valence-corrected chi connectivity index (χ4v) is 3.89. The van der Waals surface area contributed by atoms with Crippen molar-refractivity contribution >= 4 is 25.8 Å². The standard InChI is InChI=1S/C15H13BrO4S/c16-11-4-3-5-13(8-11)21(17,18)15-7-2-1-6-14(15)20-10-12-9-19-12/h1-8,12H,9-10H2. The van der Waals surface area contributed by atoms with E-state index in [-0.39, 0.29) is 15.9 Å². The van der Waals surface area contributed by atoms with Gasteiger partial charge in [0.25, 0.3) is 0 Å². The molecule has 0 spiro atoms. The monoisotopic (exact) mass is 368 g/mol. The molecule has 0 radical (unpaired) electrons. The number of epoxide rings is 1. The quantitative estimate of drug-likeness (QED) is 0.761. The number of rotatable bonds is 5. The molecule has 1 aliphatic heterocycles. The second-order valence-electron chi connectivity index (χ2n) is 4.67. The van der Waals surface area contributed by atoms with Crippen molar-refractivity contribution in [2.45, 2.75) is 15.9 Å². The van der Waals surface area contributed by atoms with Gasteiger partial charge in [-0.1, -0.05) is 34.1 Å². The van der Waals surface area contributed by atoms with Gasteiger partial charge < -0.3 is 9.47 Å². The predicted octanol–water partition coefficient (Wildman–Crippen LogP) is 3.06. The lowest BCUT2D eigenvalue weighted by Crippen LogP contribution is -2.09. The molecule has 1 atom stereocenters. The molecule has 1 unspecified atom stereocenters. The number of ether oxygens (including phenoxy) is 2. The smallest absolute Gasteiger partial charge is 0.210 e. The van der Waals surface area contributed by atoms with Crippen LogP contribution in [0.4, 0.5) is 0 Å².